The Kier molecular flexibility index (Phi) is 4.23. The summed E-state index contributed by atoms with van der Waals surface area (Å²) in [5.41, 5.74) is 0.719. The summed E-state index contributed by atoms with van der Waals surface area (Å²) in [6, 6.07) is 4.71. The Bertz CT molecular complexity index is 439. The van der Waals surface area contributed by atoms with Crippen molar-refractivity contribution in [3.05, 3.63) is 29.3 Å². The second-order valence-corrected chi connectivity index (χ2v) is 3.66. The molecule has 17 heavy (non-hydrogen) atoms. The second-order valence-electron chi connectivity index (χ2n) is 3.66. The third-order valence-corrected chi connectivity index (χ3v) is 2.30. The molecule has 5 nitrogen and oxygen atoms in total. The summed E-state index contributed by atoms with van der Waals surface area (Å²) in [5, 5.41) is 18.3. The number of ether oxygens (including phenoxy) is 1. The van der Waals surface area contributed by atoms with Gasteiger partial charge in [0.15, 0.2) is 6.10 Å². The van der Waals surface area contributed by atoms with E-state index in [0.717, 1.165) is 0 Å². The molecule has 0 aliphatic rings. The molecule has 0 saturated heterocycles. The summed E-state index contributed by atoms with van der Waals surface area (Å²) >= 11 is 0. The van der Waals surface area contributed by atoms with Gasteiger partial charge in [0.25, 0.3) is 0 Å². The normalized spacial score (nSPS) is 11.9. The van der Waals surface area contributed by atoms with E-state index in [0.29, 0.717) is 5.56 Å². The van der Waals surface area contributed by atoms with Crippen LogP contribution in [0.4, 0.5) is 0 Å². The van der Waals surface area contributed by atoms with Gasteiger partial charge in [-0.15, -0.1) is 0 Å². The molecule has 0 radical (unpaired) electrons. The highest BCUT2D eigenvalue weighted by molar-refractivity contribution is 5.80. The van der Waals surface area contributed by atoms with Crippen molar-refractivity contribution in [2.24, 2.45) is 0 Å². The highest BCUT2D eigenvalue weighted by Crippen LogP contribution is 2.29. The number of rotatable bonds is 5. The van der Waals surface area contributed by atoms with Crippen LogP contribution in [0.5, 0.6) is 5.75 Å². The number of Topliss-reactive ketones (excluding diaryl/α,β-unsaturated/α-hetero) is 1. The predicted octanol–water partition coefficient (Wildman–Crippen LogP) is 0.945. The molecule has 0 fully saturated rings. The molecule has 0 aliphatic heterocycles. The van der Waals surface area contributed by atoms with Gasteiger partial charge in [-0.05, 0) is 6.92 Å². The van der Waals surface area contributed by atoms with Crippen molar-refractivity contribution < 1.29 is 24.5 Å². The van der Waals surface area contributed by atoms with E-state index < -0.39 is 12.1 Å². The first-order valence-corrected chi connectivity index (χ1v) is 5.03. The van der Waals surface area contributed by atoms with Crippen molar-refractivity contribution in [3.63, 3.8) is 0 Å². The minimum Gasteiger partial charge on any atom is -0.496 e. The van der Waals surface area contributed by atoms with E-state index in [-0.39, 0.29) is 23.5 Å². The summed E-state index contributed by atoms with van der Waals surface area (Å²) in [7, 11) is 1.37. The van der Waals surface area contributed by atoms with Crippen LogP contribution in [0.3, 0.4) is 0 Å². The summed E-state index contributed by atoms with van der Waals surface area (Å²) in [6.45, 7) is 1.43. The van der Waals surface area contributed by atoms with Crippen molar-refractivity contribution in [2.45, 2.75) is 19.4 Å². The number of carboxylic acid groups (broad SMARTS) is 1. The molecule has 2 N–H and O–H groups in total. The lowest BCUT2D eigenvalue weighted by molar-refractivity contribution is -0.147. The van der Waals surface area contributed by atoms with E-state index in [1.165, 1.54) is 20.1 Å². The van der Waals surface area contributed by atoms with E-state index in [2.05, 4.69) is 0 Å². The van der Waals surface area contributed by atoms with Gasteiger partial charge in [0.2, 0.25) is 0 Å². The van der Waals surface area contributed by atoms with Crippen LogP contribution in [0, 0.1) is 0 Å². The average molecular weight is 238 g/mol. The first kappa shape index (κ1) is 13.2. The van der Waals surface area contributed by atoms with Crippen molar-refractivity contribution in [1.82, 2.24) is 0 Å². The molecule has 0 amide bonds. The van der Waals surface area contributed by atoms with Crippen LogP contribution in [-0.2, 0) is 16.0 Å². The quantitative estimate of drug-likeness (QED) is 0.797. The number of aliphatic hydroxyl groups is 1. The van der Waals surface area contributed by atoms with Crippen molar-refractivity contribution in [2.75, 3.05) is 7.11 Å². The third-order valence-electron chi connectivity index (χ3n) is 2.30. The van der Waals surface area contributed by atoms with Crippen molar-refractivity contribution in [1.29, 1.82) is 0 Å². The van der Waals surface area contributed by atoms with E-state index in [1.807, 2.05) is 0 Å². The molecule has 5 heteroatoms. The number of hydrogen-bond acceptors (Lipinski definition) is 4. The lowest BCUT2D eigenvalue weighted by Gasteiger charge is -2.14. The van der Waals surface area contributed by atoms with Gasteiger partial charge in [-0.25, -0.2) is 4.79 Å². The van der Waals surface area contributed by atoms with Crippen LogP contribution in [0.15, 0.2) is 18.2 Å². The largest absolute Gasteiger partial charge is 0.496 e. The molecule has 1 rings (SSSR count). The Morgan fingerprint density at radius 2 is 2.06 bits per heavy atom. The maximum Gasteiger partial charge on any atom is 0.337 e. The van der Waals surface area contributed by atoms with Crippen LogP contribution < -0.4 is 4.74 Å². The molecule has 1 aromatic carbocycles. The lowest BCUT2D eigenvalue weighted by atomic mass is 10.0. The number of carboxylic acids is 1. The first-order chi connectivity index (χ1) is 7.97. The molecule has 0 spiro atoms. The maximum absolute atomic E-state index is 11.1. The van der Waals surface area contributed by atoms with Crippen LogP contribution in [0.1, 0.15) is 24.2 Å². The molecule has 0 aromatic heterocycles. The number of carbonyl (C=O) groups excluding carboxylic acids is 1. The number of aliphatic carboxylic acids is 1. The van der Waals surface area contributed by atoms with Gasteiger partial charge in [-0.1, -0.05) is 18.2 Å². The van der Waals surface area contributed by atoms with Gasteiger partial charge in [-0.2, -0.15) is 0 Å². The second kappa shape index (κ2) is 5.45. The number of para-hydroxylation sites is 1. The molecule has 1 unspecified atom stereocenters. The predicted molar refractivity (Wildman–Crippen MR) is 60.0 cm³/mol. The third kappa shape index (κ3) is 3.04. The molecule has 0 bridgehead atoms. The summed E-state index contributed by atoms with van der Waals surface area (Å²) in [6.07, 6.45) is -1.51. The molecule has 0 heterocycles. The monoisotopic (exact) mass is 238 g/mol. The zero-order valence-electron chi connectivity index (χ0n) is 9.64. The zero-order valence-corrected chi connectivity index (χ0v) is 9.64. The number of carbonyl (C=O) groups is 2. The van der Waals surface area contributed by atoms with Crippen molar-refractivity contribution >= 4 is 11.8 Å². The fourth-order valence-electron chi connectivity index (χ4n) is 1.61. The minimum atomic E-state index is -1.66. The fraction of sp³-hybridized carbons (Fsp3) is 0.333. The SMILES string of the molecule is COc1c(CC(C)=O)cccc1C(O)C(=O)O. The molecule has 1 aromatic rings. The Morgan fingerprint density at radius 3 is 2.53 bits per heavy atom. The first-order valence-electron chi connectivity index (χ1n) is 5.03. The topological polar surface area (TPSA) is 83.8 Å². The Morgan fingerprint density at radius 1 is 1.41 bits per heavy atom. The van der Waals surface area contributed by atoms with Crippen LogP contribution in [0.25, 0.3) is 0 Å². The smallest absolute Gasteiger partial charge is 0.337 e. The lowest BCUT2D eigenvalue weighted by Crippen LogP contribution is -2.13. The summed E-state index contributed by atoms with van der Waals surface area (Å²) in [4.78, 5) is 21.8. The van der Waals surface area contributed by atoms with Gasteiger partial charge in [0, 0.05) is 17.5 Å². The van der Waals surface area contributed by atoms with Gasteiger partial charge < -0.3 is 14.9 Å². The minimum absolute atomic E-state index is 0.0646. The average Bonchev–Trinajstić information content (AvgIpc) is 2.26. The number of aliphatic hydroxyl groups excluding tert-OH is 1. The van der Waals surface area contributed by atoms with Crippen LogP contribution in [0.2, 0.25) is 0 Å². The van der Waals surface area contributed by atoms with Crippen LogP contribution >= 0.6 is 0 Å². The van der Waals surface area contributed by atoms with E-state index in [4.69, 9.17) is 9.84 Å². The van der Waals surface area contributed by atoms with E-state index in [1.54, 1.807) is 12.1 Å². The molecular weight excluding hydrogens is 224 g/mol. The van der Waals surface area contributed by atoms with E-state index >= 15 is 0 Å². The Labute approximate surface area is 98.6 Å². The number of methoxy groups -OCH3 is 1. The van der Waals surface area contributed by atoms with Gasteiger partial charge in [0.05, 0.1) is 7.11 Å². The van der Waals surface area contributed by atoms with Gasteiger partial charge in [-0.3, -0.25) is 4.79 Å². The summed E-state index contributed by atoms with van der Waals surface area (Å²) in [5.74, 6) is -1.17. The Balaban J connectivity index is 3.22. The number of hydrogen-bond donors (Lipinski definition) is 2. The molecular formula is C12H14O5. The van der Waals surface area contributed by atoms with Crippen molar-refractivity contribution in [3.8, 4) is 5.75 Å². The standard InChI is InChI=1S/C12H14O5/c1-7(13)6-8-4-3-5-9(11(8)17-2)10(14)12(15)16/h3-5,10,14H,6H2,1-2H3,(H,15,16). The zero-order chi connectivity index (χ0) is 13.0. The number of benzene rings is 1. The Hall–Kier alpha value is -1.88. The van der Waals surface area contributed by atoms with Gasteiger partial charge >= 0.3 is 5.97 Å². The highest BCUT2D eigenvalue weighted by Gasteiger charge is 2.22. The molecule has 1 atom stereocenters. The molecule has 92 valence electrons. The fourth-order valence-corrected chi connectivity index (χ4v) is 1.61. The number of ketones is 1. The highest BCUT2D eigenvalue weighted by atomic mass is 16.5. The maximum atomic E-state index is 11.1. The molecule has 0 saturated carbocycles. The van der Waals surface area contributed by atoms with Gasteiger partial charge in [0.1, 0.15) is 11.5 Å². The van der Waals surface area contributed by atoms with Crippen LogP contribution in [-0.4, -0.2) is 29.1 Å². The summed E-state index contributed by atoms with van der Waals surface area (Å²) < 4.78 is 5.07. The van der Waals surface area contributed by atoms with E-state index in [9.17, 15) is 14.7 Å². The molecule has 0 aliphatic carbocycles.